The average molecular weight is 344 g/mol. The first-order valence-corrected chi connectivity index (χ1v) is 10.4. The van der Waals surface area contributed by atoms with Crippen molar-refractivity contribution >= 4 is 5.97 Å². The molecule has 2 fully saturated rings. The molecule has 0 aromatic rings. The molecular formula is C22H32O3. The zero-order chi connectivity index (χ0) is 17.6. The zero-order valence-electron chi connectivity index (χ0n) is 15.3. The van der Waals surface area contributed by atoms with Gasteiger partial charge in [0, 0.05) is 11.5 Å². The number of carboxylic acid groups (broad SMARTS) is 1. The van der Waals surface area contributed by atoms with Gasteiger partial charge >= 0.3 is 5.97 Å². The van der Waals surface area contributed by atoms with E-state index in [1.165, 1.54) is 44.9 Å². The molecule has 0 spiro atoms. The summed E-state index contributed by atoms with van der Waals surface area (Å²) in [6, 6.07) is 0. The van der Waals surface area contributed by atoms with E-state index in [4.69, 9.17) is 0 Å². The maximum absolute atomic E-state index is 11.6. The van der Waals surface area contributed by atoms with E-state index in [1.54, 1.807) is 6.08 Å². The third kappa shape index (κ3) is 2.79. The predicted molar refractivity (Wildman–Crippen MR) is 97.9 cm³/mol. The van der Waals surface area contributed by atoms with Crippen molar-refractivity contribution < 1.29 is 15.0 Å². The first-order valence-electron chi connectivity index (χ1n) is 10.4. The van der Waals surface area contributed by atoms with E-state index in [0.717, 1.165) is 18.3 Å². The molecule has 0 aromatic heterocycles. The van der Waals surface area contributed by atoms with E-state index in [9.17, 15) is 15.0 Å². The summed E-state index contributed by atoms with van der Waals surface area (Å²) in [5.74, 6) is 2.61. The van der Waals surface area contributed by atoms with Crippen LogP contribution in [0.5, 0.6) is 0 Å². The number of carboxylic acids is 1. The topological polar surface area (TPSA) is 57.5 Å². The lowest BCUT2D eigenvalue weighted by Crippen LogP contribution is -2.50. The molecule has 4 aliphatic rings. The van der Waals surface area contributed by atoms with Crippen molar-refractivity contribution in [1.82, 2.24) is 0 Å². The van der Waals surface area contributed by atoms with Gasteiger partial charge in [-0.15, -0.1) is 0 Å². The summed E-state index contributed by atoms with van der Waals surface area (Å²) in [7, 11) is 0. The van der Waals surface area contributed by atoms with Crippen molar-refractivity contribution in [2.75, 3.05) is 0 Å². The normalized spacial score (nSPS) is 43.4. The zero-order valence-corrected chi connectivity index (χ0v) is 15.3. The lowest BCUT2D eigenvalue weighted by atomic mass is 9.50. The highest BCUT2D eigenvalue weighted by atomic mass is 16.4. The molecule has 0 saturated heterocycles. The van der Waals surface area contributed by atoms with Crippen LogP contribution >= 0.6 is 0 Å². The fourth-order valence-electron chi connectivity index (χ4n) is 6.66. The monoisotopic (exact) mass is 344 g/mol. The fourth-order valence-corrected chi connectivity index (χ4v) is 6.66. The molecule has 3 heteroatoms. The van der Waals surface area contributed by atoms with Crippen LogP contribution in [0.25, 0.3) is 0 Å². The van der Waals surface area contributed by atoms with E-state index in [2.05, 4.69) is 19.1 Å². The number of aliphatic hydroxyl groups is 1. The van der Waals surface area contributed by atoms with Crippen LogP contribution in [0.3, 0.4) is 0 Å². The van der Waals surface area contributed by atoms with Crippen LogP contribution in [0.4, 0.5) is 0 Å². The molecule has 4 aliphatic carbocycles. The van der Waals surface area contributed by atoms with Crippen LogP contribution in [-0.2, 0) is 4.79 Å². The Balaban J connectivity index is 1.41. The van der Waals surface area contributed by atoms with Crippen LogP contribution in [0.2, 0.25) is 0 Å². The number of aliphatic carboxylic acids is 1. The summed E-state index contributed by atoms with van der Waals surface area (Å²) in [6.45, 7) is 2.26. The second-order valence-corrected chi connectivity index (χ2v) is 8.84. The summed E-state index contributed by atoms with van der Waals surface area (Å²) in [5, 5.41) is 20.0. The van der Waals surface area contributed by atoms with Gasteiger partial charge in [-0.25, -0.2) is 4.79 Å². The molecule has 0 amide bonds. The molecule has 0 bridgehead atoms. The Morgan fingerprint density at radius 3 is 2.60 bits per heavy atom. The van der Waals surface area contributed by atoms with E-state index in [0.29, 0.717) is 23.3 Å². The van der Waals surface area contributed by atoms with Crippen molar-refractivity contribution in [2.24, 2.45) is 41.4 Å². The highest BCUT2D eigenvalue weighted by molar-refractivity contribution is 5.88. The van der Waals surface area contributed by atoms with Gasteiger partial charge in [-0.2, -0.15) is 0 Å². The van der Waals surface area contributed by atoms with Crippen LogP contribution < -0.4 is 0 Å². The largest absolute Gasteiger partial charge is 0.478 e. The van der Waals surface area contributed by atoms with Crippen molar-refractivity contribution in [1.29, 1.82) is 0 Å². The minimum absolute atomic E-state index is 0.0344. The van der Waals surface area contributed by atoms with E-state index in [-0.39, 0.29) is 11.8 Å². The summed E-state index contributed by atoms with van der Waals surface area (Å²) in [4.78, 5) is 11.6. The standard InChI is InChI=1S/C22H32O3/c1-2-3-4-5-6-7-8-13-14-9-10-15-17(22(24)25)12-19(23)18-11-16(13)20(14)21(15)18/h9-10,12-16,18-21,23H,2-8,11H2,1H3,(H,24,25)/t13-,14-,15+,16+,18+,19-,20-,21+/m1/s1. The van der Waals surface area contributed by atoms with Crippen LogP contribution in [0, 0.1) is 41.4 Å². The Bertz CT molecular complexity index is 578. The summed E-state index contributed by atoms with van der Waals surface area (Å²) < 4.78 is 0. The molecule has 0 heterocycles. The van der Waals surface area contributed by atoms with Crippen molar-refractivity contribution in [3.05, 3.63) is 23.8 Å². The van der Waals surface area contributed by atoms with Gasteiger partial charge < -0.3 is 10.2 Å². The number of unbranched alkanes of at least 4 members (excludes halogenated alkanes) is 5. The van der Waals surface area contributed by atoms with Gasteiger partial charge in [0.25, 0.3) is 0 Å². The molecule has 2 N–H and O–H groups in total. The average Bonchev–Trinajstić information content (AvgIpc) is 2.95. The SMILES string of the molecule is CCCCCCCC[C@@H]1[C@H]2C=C[C@H]3C(C(=O)O)=C[C@@H](O)[C@@H]4C[C@@H]1[C@@H]2[C@H]43. The van der Waals surface area contributed by atoms with Gasteiger partial charge in [-0.1, -0.05) is 57.6 Å². The fraction of sp³-hybridized carbons (Fsp3) is 0.773. The lowest BCUT2D eigenvalue weighted by molar-refractivity contribution is -0.134. The lowest BCUT2D eigenvalue weighted by Gasteiger charge is -2.54. The summed E-state index contributed by atoms with van der Waals surface area (Å²) >= 11 is 0. The van der Waals surface area contributed by atoms with E-state index < -0.39 is 12.1 Å². The van der Waals surface area contributed by atoms with Crippen LogP contribution in [0.1, 0.15) is 58.3 Å². The maximum atomic E-state index is 11.6. The van der Waals surface area contributed by atoms with Crippen molar-refractivity contribution in [2.45, 2.75) is 64.4 Å². The number of allylic oxidation sites excluding steroid dienone is 2. The maximum Gasteiger partial charge on any atom is 0.331 e. The Labute approximate surface area is 151 Å². The number of aliphatic hydroxyl groups excluding tert-OH is 1. The molecule has 4 rings (SSSR count). The summed E-state index contributed by atoms with van der Waals surface area (Å²) in [5.41, 5.74) is 0.434. The van der Waals surface area contributed by atoms with E-state index >= 15 is 0 Å². The van der Waals surface area contributed by atoms with Gasteiger partial charge in [0.15, 0.2) is 0 Å². The Kier molecular flexibility index (Phi) is 4.79. The first kappa shape index (κ1) is 17.3. The molecule has 0 unspecified atom stereocenters. The van der Waals surface area contributed by atoms with Crippen LogP contribution in [-0.4, -0.2) is 22.3 Å². The van der Waals surface area contributed by atoms with E-state index in [1.807, 2.05) is 0 Å². The highest BCUT2D eigenvalue weighted by Gasteiger charge is 2.63. The molecule has 138 valence electrons. The Hall–Kier alpha value is -1.09. The number of rotatable bonds is 8. The molecule has 0 aromatic carbocycles. The molecular weight excluding hydrogens is 312 g/mol. The third-order valence-corrected chi connectivity index (χ3v) is 7.71. The molecule has 3 nitrogen and oxygen atoms in total. The Morgan fingerprint density at radius 2 is 1.84 bits per heavy atom. The van der Waals surface area contributed by atoms with Gasteiger partial charge in [-0.3, -0.25) is 0 Å². The predicted octanol–water partition coefficient (Wildman–Crippen LogP) is 4.42. The molecule has 0 aliphatic heterocycles. The third-order valence-electron chi connectivity index (χ3n) is 7.71. The number of carbonyl (C=O) groups is 1. The van der Waals surface area contributed by atoms with Gasteiger partial charge in [0.2, 0.25) is 0 Å². The molecule has 8 atom stereocenters. The van der Waals surface area contributed by atoms with Crippen molar-refractivity contribution in [3.8, 4) is 0 Å². The number of hydrogen-bond donors (Lipinski definition) is 2. The highest BCUT2D eigenvalue weighted by Crippen LogP contribution is 2.67. The molecule has 2 saturated carbocycles. The second kappa shape index (κ2) is 6.90. The first-order chi connectivity index (χ1) is 12.1. The molecule has 0 radical (unpaired) electrons. The number of hydrogen-bond acceptors (Lipinski definition) is 2. The minimum Gasteiger partial charge on any atom is -0.478 e. The van der Waals surface area contributed by atoms with Gasteiger partial charge in [0.1, 0.15) is 0 Å². The van der Waals surface area contributed by atoms with Gasteiger partial charge in [-0.05, 0) is 54.4 Å². The quantitative estimate of drug-likeness (QED) is 0.506. The summed E-state index contributed by atoms with van der Waals surface area (Å²) in [6.07, 6.45) is 16.1. The minimum atomic E-state index is -0.850. The molecule has 25 heavy (non-hydrogen) atoms. The Morgan fingerprint density at radius 1 is 1.08 bits per heavy atom. The van der Waals surface area contributed by atoms with Crippen LogP contribution in [0.15, 0.2) is 23.8 Å². The van der Waals surface area contributed by atoms with Gasteiger partial charge in [0.05, 0.1) is 6.10 Å². The van der Waals surface area contributed by atoms with Crippen molar-refractivity contribution in [3.63, 3.8) is 0 Å². The smallest absolute Gasteiger partial charge is 0.331 e. The second-order valence-electron chi connectivity index (χ2n) is 8.84.